The van der Waals surface area contributed by atoms with Gasteiger partial charge in [0, 0.05) is 22.2 Å². The van der Waals surface area contributed by atoms with Crippen LogP contribution in [0.2, 0.25) is 0 Å². The van der Waals surface area contributed by atoms with Gasteiger partial charge in [0.05, 0.1) is 12.2 Å². The average molecular weight is 581 g/mol. The molecular weight excluding hydrogens is 555 g/mol. The number of anilines is 2. The van der Waals surface area contributed by atoms with Crippen LogP contribution in [-0.2, 0) is 19.4 Å². The van der Waals surface area contributed by atoms with E-state index in [0.29, 0.717) is 28.5 Å². The Bertz CT molecular complexity index is 1590. The molecule has 0 atom stereocenters. The number of rotatable bonds is 8. The van der Waals surface area contributed by atoms with Crippen LogP contribution in [0.15, 0.2) is 82.4 Å². The molecule has 0 bridgehead atoms. The fraction of sp³-hybridized carbons (Fsp3) is 0.179. The topological polar surface area (TPSA) is 131 Å². The molecule has 5 rings (SSSR count). The molecular formula is C28H25F3N7O2S+. The zero-order valence-corrected chi connectivity index (χ0v) is 22.4. The Morgan fingerprint density at radius 2 is 1.80 bits per heavy atom. The molecule has 0 unspecified atom stereocenters. The fourth-order valence-corrected chi connectivity index (χ4v) is 5.42. The Kier molecular flexibility index (Phi) is 7.97. The first-order valence-electron chi connectivity index (χ1n) is 12.5. The first-order chi connectivity index (χ1) is 19.7. The monoisotopic (exact) mass is 580 g/mol. The van der Waals surface area contributed by atoms with Crippen LogP contribution in [0.5, 0.6) is 5.75 Å². The van der Waals surface area contributed by atoms with Crippen LogP contribution in [0.3, 0.4) is 0 Å². The van der Waals surface area contributed by atoms with Gasteiger partial charge in [0.25, 0.3) is 5.91 Å². The second-order valence-corrected chi connectivity index (χ2v) is 10.1. The number of nitrogens with one attached hydrogen (secondary N) is 1. The summed E-state index contributed by atoms with van der Waals surface area (Å²) >= 11 is 1.43. The molecule has 4 aromatic rings. The van der Waals surface area contributed by atoms with Crippen molar-refractivity contribution in [3.8, 4) is 17.0 Å². The number of amides is 1. The van der Waals surface area contributed by atoms with Crippen LogP contribution in [0.4, 0.5) is 24.0 Å². The van der Waals surface area contributed by atoms with Gasteiger partial charge in [0.2, 0.25) is 0 Å². The van der Waals surface area contributed by atoms with Gasteiger partial charge in [-0.25, -0.2) is 4.98 Å². The number of carbonyl (C=O) groups is 1. The Morgan fingerprint density at radius 1 is 1.07 bits per heavy atom. The molecule has 1 heterocycles. The Hall–Kier alpha value is -4.78. The Balaban J connectivity index is 1.40. The van der Waals surface area contributed by atoms with Gasteiger partial charge in [-0.15, -0.1) is 24.5 Å². The van der Waals surface area contributed by atoms with Gasteiger partial charge in [-0.05, 0) is 84.5 Å². The van der Waals surface area contributed by atoms with Crippen molar-refractivity contribution in [1.82, 2.24) is 10.3 Å². The molecule has 1 amide bonds. The molecule has 5 N–H and O–H groups in total. The molecule has 1 aromatic heterocycles. The van der Waals surface area contributed by atoms with Gasteiger partial charge in [-0.1, -0.05) is 18.2 Å². The molecule has 41 heavy (non-hydrogen) atoms. The number of nitrogens with two attached hydrogens (primary N) is 2. The Labute approximate surface area is 237 Å². The summed E-state index contributed by atoms with van der Waals surface area (Å²) in [5.74, 6) is -0.961. The van der Waals surface area contributed by atoms with E-state index in [1.807, 2.05) is 17.5 Å². The number of carbonyl (C=O) groups excluding carboxylic acids is 1. The number of guanidine groups is 1. The normalized spacial score (nSPS) is 13.0. The number of thiazole rings is 1. The van der Waals surface area contributed by atoms with Crippen LogP contribution in [0.1, 0.15) is 33.5 Å². The number of halogens is 3. The zero-order chi connectivity index (χ0) is 29.0. The summed E-state index contributed by atoms with van der Waals surface area (Å²) in [4.78, 5) is 19.3. The van der Waals surface area contributed by atoms with E-state index in [1.165, 1.54) is 34.6 Å². The van der Waals surface area contributed by atoms with E-state index in [-0.39, 0.29) is 11.7 Å². The minimum absolute atomic E-state index is 0.216. The van der Waals surface area contributed by atoms with Crippen molar-refractivity contribution in [2.24, 2.45) is 16.1 Å². The summed E-state index contributed by atoms with van der Waals surface area (Å²) in [5, 5.41) is 11.4. The van der Waals surface area contributed by atoms with Gasteiger partial charge >= 0.3 is 12.3 Å². The number of alkyl halides is 3. The molecule has 0 saturated heterocycles. The predicted octanol–water partition coefficient (Wildman–Crippen LogP) is 4.71. The van der Waals surface area contributed by atoms with Crippen LogP contribution < -0.4 is 26.2 Å². The number of nitrogens with zero attached hydrogens (tertiary/aromatic N) is 4. The number of ether oxygens (including phenoxy) is 1. The highest BCUT2D eigenvalue weighted by Gasteiger charge is 2.31. The predicted molar refractivity (Wildman–Crippen MR) is 148 cm³/mol. The molecule has 1 aliphatic carbocycles. The SMILES string of the molecule is N/C(=N\N=[NH2+])NC(=O)c1ccc(CN(c2ccc3c(c2)CCC3)c2nc(-c3ccc(OC(F)(F)F)cc3)cs2)cc1. The van der Waals surface area contributed by atoms with E-state index in [4.69, 9.17) is 16.2 Å². The van der Waals surface area contributed by atoms with Crippen molar-refractivity contribution in [3.05, 3.63) is 94.4 Å². The lowest BCUT2D eigenvalue weighted by atomic mass is 10.1. The van der Waals surface area contributed by atoms with E-state index in [1.54, 1.807) is 24.3 Å². The largest absolute Gasteiger partial charge is 0.573 e. The summed E-state index contributed by atoms with van der Waals surface area (Å²) in [6.07, 6.45) is -1.56. The molecule has 210 valence electrons. The summed E-state index contributed by atoms with van der Waals surface area (Å²) in [6, 6.07) is 19.0. The van der Waals surface area contributed by atoms with Crippen LogP contribution in [0.25, 0.3) is 11.3 Å². The standard InChI is InChI=1S/C28H24F3N7O2S/c29-28(30,31)40-23-12-9-19(10-13-23)24-16-41-27(34-24)38(22-11-8-18-2-1-3-21(18)14-22)15-17-4-6-20(7-5-17)25(39)35-26(32)36-37-33/h4-14,16H,1-3,15H2,(H4,32,33,35,36,39)/p+1. The van der Waals surface area contributed by atoms with E-state index in [2.05, 4.69) is 43.5 Å². The quantitative estimate of drug-likeness (QED) is 0.120. The molecule has 9 nitrogen and oxygen atoms in total. The first-order valence-corrected chi connectivity index (χ1v) is 13.4. The third-order valence-electron chi connectivity index (χ3n) is 6.46. The first kappa shape index (κ1) is 27.8. The molecule has 13 heteroatoms. The van der Waals surface area contributed by atoms with Crippen molar-refractivity contribution in [2.75, 3.05) is 4.90 Å². The van der Waals surface area contributed by atoms with Crippen LogP contribution in [0, 0.1) is 0 Å². The van der Waals surface area contributed by atoms with E-state index in [0.717, 1.165) is 30.5 Å². The van der Waals surface area contributed by atoms with Crippen molar-refractivity contribution in [1.29, 1.82) is 0 Å². The number of aromatic nitrogens is 1. The fourth-order valence-electron chi connectivity index (χ4n) is 4.56. The number of hydrogen-bond donors (Lipinski definition) is 3. The van der Waals surface area contributed by atoms with Crippen molar-refractivity contribution < 1.29 is 28.2 Å². The third-order valence-corrected chi connectivity index (χ3v) is 7.33. The second-order valence-electron chi connectivity index (χ2n) is 9.23. The molecule has 0 aliphatic heterocycles. The second kappa shape index (κ2) is 11.8. The van der Waals surface area contributed by atoms with Gasteiger partial charge in [0.15, 0.2) is 5.13 Å². The molecule has 1 aliphatic rings. The van der Waals surface area contributed by atoms with E-state index in [9.17, 15) is 18.0 Å². The maximum absolute atomic E-state index is 12.5. The lowest BCUT2D eigenvalue weighted by Gasteiger charge is -2.23. The van der Waals surface area contributed by atoms with Crippen LogP contribution >= 0.6 is 11.3 Å². The van der Waals surface area contributed by atoms with E-state index < -0.39 is 12.3 Å². The Morgan fingerprint density at radius 3 is 2.51 bits per heavy atom. The zero-order valence-electron chi connectivity index (χ0n) is 21.6. The number of aryl methyl sites for hydroxylation is 2. The number of fused-ring (bicyclic) bond motifs is 1. The maximum Gasteiger partial charge on any atom is 0.573 e. The maximum atomic E-state index is 12.5. The lowest BCUT2D eigenvalue weighted by Crippen LogP contribution is -2.37. The highest BCUT2D eigenvalue weighted by atomic mass is 32.1. The van der Waals surface area contributed by atoms with Gasteiger partial charge in [0.1, 0.15) is 16.1 Å². The van der Waals surface area contributed by atoms with Gasteiger partial charge in [-0.2, -0.15) is 5.53 Å². The molecule has 0 spiro atoms. The highest BCUT2D eigenvalue weighted by Crippen LogP contribution is 2.36. The average Bonchev–Trinajstić information content (AvgIpc) is 3.61. The molecule has 3 aromatic carbocycles. The molecule has 0 fully saturated rings. The summed E-state index contributed by atoms with van der Waals surface area (Å²) in [6.45, 7) is 0.460. The highest BCUT2D eigenvalue weighted by molar-refractivity contribution is 7.14. The van der Waals surface area contributed by atoms with Crippen molar-refractivity contribution in [3.63, 3.8) is 0 Å². The summed E-state index contributed by atoms with van der Waals surface area (Å²) in [5.41, 5.74) is 16.7. The summed E-state index contributed by atoms with van der Waals surface area (Å²) in [7, 11) is 0. The van der Waals surface area contributed by atoms with Gasteiger partial charge in [-0.3, -0.25) is 10.1 Å². The lowest BCUT2D eigenvalue weighted by molar-refractivity contribution is -0.274. The smallest absolute Gasteiger partial charge is 0.406 e. The molecule has 0 saturated carbocycles. The van der Waals surface area contributed by atoms with Crippen LogP contribution in [-0.4, -0.2) is 23.2 Å². The van der Waals surface area contributed by atoms with Gasteiger partial charge < -0.3 is 15.4 Å². The summed E-state index contributed by atoms with van der Waals surface area (Å²) < 4.78 is 41.6. The number of hydrogen-bond acceptors (Lipinski definition) is 6. The minimum atomic E-state index is -4.75. The van der Waals surface area contributed by atoms with Crippen molar-refractivity contribution >= 4 is 34.0 Å². The number of benzene rings is 3. The molecule has 0 radical (unpaired) electrons. The minimum Gasteiger partial charge on any atom is -0.406 e. The third kappa shape index (κ3) is 6.87. The van der Waals surface area contributed by atoms with Crippen molar-refractivity contribution in [2.45, 2.75) is 32.2 Å². The van der Waals surface area contributed by atoms with E-state index >= 15 is 0 Å².